The maximum atomic E-state index is 13.7. The minimum Gasteiger partial charge on any atom is -0.487 e. The highest BCUT2D eigenvalue weighted by Crippen LogP contribution is 2.36. The van der Waals surface area contributed by atoms with E-state index in [0.717, 1.165) is 17.7 Å². The first-order chi connectivity index (χ1) is 16.8. The molecule has 1 aliphatic rings. The second-order valence-corrected chi connectivity index (χ2v) is 11.3. The topological polar surface area (TPSA) is 70.1 Å². The van der Waals surface area contributed by atoms with E-state index >= 15 is 0 Å². The third-order valence-corrected chi connectivity index (χ3v) is 8.58. The lowest BCUT2D eigenvalue weighted by Crippen LogP contribution is -2.49. The van der Waals surface area contributed by atoms with Gasteiger partial charge in [-0.1, -0.05) is 73.7 Å². The van der Waals surface area contributed by atoms with Gasteiger partial charge in [0, 0.05) is 31.6 Å². The predicted molar refractivity (Wildman–Crippen MR) is 139 cm³/mol. The van der Waals surface area contributed by atoms with Crippen LogP contribution >= 0.6 is 0 Å². The quantitative estimate of drug-likeness (QED) is 0.532. The van der Waals surface area contributed by atoms with Crippen LogP contribution < -0.4 is 4.74 Å². The first-order valence-corrected chi connectivity index (χ1v) is 13.4. The molecule has 3 aromatic carbocycles. The number of sulfonamides is 1. The summed E-state index contributed by atoms with van der Waals surface area (Å²) in [4.78, 5) is 2.34. The minimum atomic E-state index is -3.85. The maximum absolute atomic E-state index is 13.7. The van der Waals surface area contributed by atoms with E-state index in [4.69, 9.17) is 4.74 Å². The Labute approximate surface area is 208 Å². The third kappa shape index (κ3) is 5.76. The number of aliphatic hydroxyl groups is 1. The molecule has 0 unspecified atom stereocenters. The largest absolute Gasteiger partial charge is 0.487 e. The SMILES string of the molecule is C[C@@H]1CN([C@H](C)CO)S(=O)(=O)c2ccc(-c3ccccc3)cc2O[C@H]1CN(C)Cc1ccccc1. The number of rotatable bonds is 7. The zero-order valence-corrected chi connectivity index (χ0v) is 21.4. The van der Waals surface area contributed by atoms with Gasteiger partial charge in [0.2, 0.25) is 10.0 Å². The summed E-state index contributed by atoms with van der Waals surface area (Å²) in [5, 5.41) is 9.84. The molecule has 1 aliphatic heterocycles. The van der Waals surface area contributed by atoms with E-state index in [1.807, 2.05) is 74.6 Å². The van der Waals surface area contributed by atoms with Gasteiger partial charge in [-0.05, 0) is 42.8 Å². The fourth-order valence-corrected chi connectivity index (χ4v) is 6.35. The van der Waals surface area contributed by atoms with Crippen molar-refractivity contribution in [3.8, 4) is 16.9 Å². The Hall–Kier alpha value is -2.71. The zero-order valence-electron chi connectivity index (χ0n) is 20.5. The van der Waals surface area contributed by atoms with Crippen LogP contribution in [0.2, 0.25) is 0 Å². The number of likely N-dealkylation sites (N-methyl/N-ethyl adjacent to an activating group) is 1. The normalized spacial score (nSPS) is 20.9. The van der Waals surface area contributed by atoms with Gasteiger partial charge < -0.3 is 9.84 Å². The van der Waals surface area contributed by atoms with Gasteiger partial charge in [-0.3, -0.25) is 4.90 Å². The highest BCUT2D eigenvalue weighted by Gasteiger charge is 2.38. The van der Waals surface area contributed by atoms with Gasteiger partial charge in [-0.15, -0.1) is 0 Å². The van der Waals surface area contributed by atoms with Crippen molar-refractivity contribution in [2.75, 3.05) is 26.7 Å². The van der Waals surface area contributed by atoms with Crippen molar-refractivity contribution in [2.45, 2.75) is 37.4 Å². The van der Waals surface area contributed by atoms with Crippen LogP contribution in [0.5, 0.6) is 5.75 Å². The lowest BCUT2D eigenvalue weighted by molar-refractivity contribution is 0.0734. The van der Waals surface area contributed by atoms with Crippen molar-refractivity contribution in [2.24, 2.45) is 5.92 Å². The van der Waals surface area contributed by atoms with Crippen molar-refractivity contribution in [1.82, 2.24) is 9.21 Å². The van der Waals surface area contributed by atoms with Crippen LogP contribution in [0.4, 0.5) is 0 Å². The first kappa shape index (κ1) is 25.4. The number of fused-ring (bicyclic) bond motifs is 1. The van der Waals surface area contributed by atoms with Crippen LogP contribution in [-0.4, -0.2) is 61.6 Å². The summed E-state index contributed by atoms with van der Waals surface area (Å²) in [6.45, 7) is 5.17. The van der Waals surface area contributed by atoms with Gasteiger partial charge in [0.15, 0.2) is 0 Å². The number of ether oxygens (including phenoxy) is 1. The third-order valence-electron chi connectivity index (χ3n) is 6.56. The molecular weight excluding hydrogens is 460 g/mol. The van der Waals surface area contributed by atoms with E-state index in [-0.39, 0.29) is 30.1 Å². The minimum absolute atomic E-state index is 0.0921. The van der Waals surface area contributed by atoms with E-state index < -0.39 is 16.1 Å². The molecule has 0 saturated carbocycles. The van der Waals surface area contributed by atoms with Crippen LogP contribution in [0.25, 0.3) is 11.1 Å². The molecule has 0 amide bonds. The second-order valence-electron chi connectivity index (χ2n) is 9.45. The molecule has 3 aromatic rings. The lowest BCUT2D eigenvalue weighted by Gasteiger charge is -2.37. The molecule has 3 atom stereocenters. The molecule has 186 valence electrons. The van der Waals surface area contributed by atoms with Gasteiger partial charge in [-0.25, -0.2) is 8.42 Å². The van der Waals surface area contributed by atoms with Crippen LogP contribution in [0.3, 0.4) is 0 Å². The molecule has 6 nitrogen and oxygen atoms in total. The highest BCUT2D eigenvalue weighted by molar-refractivity contribution is 7.89. The zero-order chi connectivity index (χ0) is 25.0. The van der Waals surface area contributed by atoms with Crippen molar-refractivity contribution >= 4 is 10.0 Å². The summed E-state index contributed by atoms with van der Waals surface area (Å²) in [5.41, 5.74) is 3.09. The first-order valence-electron chi connectivity index (χ1n) is 12.0. The molecule has 0 aromatic heterocycles. The number of hydrogen-bond donors (Lipinski definition) is 1. The fourth-order valence-electron chi connectivity index (χ4n) is 4.52. The lowest BCUT2D eigenvalue weighted by atomic mass is 10.0. The summed E-state index contributed by atoms with van der Waals surface area (Å²) in [5.74, 6) is 0.261. The van der Waals surface area contributed by atoms with Gasteiger partial charge in [0.1, 0.15) is 16.7 Å². The summed E-state index contributed by atoms with van der Waals surface area (Å²) >= 11 is 0. The van der Waals surface area contributed by atoms with E-state index in [0.29, 0.717) is 12.3 Å². The Bertz CT molecular complexity index is 1220. The fraction of sp³-hybridized carbons (Fsp3) is 0.357. The molecule has 4 rings (SSSR count). The number of aliphatic hydroxyl groups excluding tert-OH is 1. The average molecular weight is 495 g/mol. The summed E-state index contributed by atoms with van der Waals surface area (Å²) < 4.78 is 35.3. The Morgan fingerprint density at radius 1 is 1.03 bits per heavy atom. The smallest absolute Gasteiger partial charge is 0.247 e. The Kier molecular flexibility index (Phi) is 7.91. The van der Waals surface area contributed by atoms with Crippen LogP contribution in [0, 0.1) is 5.92 Å². The number of hydrogen-bond acceptors (Lipinski definition) is 5. The predicted octanol–water partition coefficient (Wildman–Crippen LogP) is 4.25. The molecular formula is C28H34N2O4S. The van der Waals surface area contributed by atoms with Gasteiger partial charge in [0.05, 0.1) is 6.61 Å². The van der Waals surface area contributed by atoms with E-state index in [9.17, 15) is 13.5 Å². The molecule has 0 fully saturated rings. The monoisotopic (exact) mass is 494 g/mol. The van der Waals surface area contributed by atoms with Gasteiger partial charge in [0.25, 0.3) is 0 Å². The van der Waals surface area contributed by atoms with Gasteiger partial charge >= 0.3 is 0 Å². The van der Waals surface area contributed by atoms with E-state index in [1.165, 1.54) is 9.87 Å². The molecule has 0 spiro atoms. The van der Waals surface area contributed by atoms with Crippen molar-refractivity contribution in [3.63, 3.8) is 0 Å². The Morgan fingerprint density at radius 3 is 2.34 bits per heavy atom. The van der Waals surface area contributed by atoms with Crippen molar-refractivity contribution in [1.29, 1.82) is 0 Å². The molecule has 0 radical (unpaired) electrons. The maximum Gasteiger partial charge on any atom is 0.247 e. The molecule has 1 N–H and O–H groups in total. The standard InChI is InChI=1S/C28H34N2O4S/c1-21-17-30(22(2)20-31)35(32,33)28-15-14-25(24-12-8-5-9-13-24)16-26(28)34-27(21)19-29(3)18-23-10-6-4-7-11-23/h4-16,21-22,27,31H,17-20H2,1-3H3/t21-,22-,27+/m1/s1. The van der Waals surface area contributed by atoms with E-state index in [2.05, 4.69) is 17.0 Å². The van der Waals surface area contributed by atoms with Crippen LogP contribution in [0.15, 0.2) is 83.8 Å². The number of nitrogens with zero attached hydrogens (tertiary/aromatic N) is 2. The van der Waals surface area contributed by atoms with Crippen molar-refractivity contribution in [3.05, 3.63) is 84.4 Å². The highest BCUT2D eigenvalue weighted by atomic mass is 32.2. The van der Waals surface area contributed by atoms with Crippen LogP contribution in [-0.2, 0) is 16.6 Å². The molecule has 1 heterocycles. The average Bonchev–Trinajstić information content (AvgIpc) is 2.86. The summed E-state index contributed by atoms with van der Waals surface area (Å²) in [6.07, 6.45) is -0.239. The second kappa shape index (κ2) is 10.9. The molecule has 7 heteroatoms. The molecule has 0 aliphatic carbocycles. The molecule has 0 bridgehead atoms. The molecule has 0 saturated heterocycles. The molecule has 35 heavy (non-hydrogen) atoms. The Balaban J connectivity index is 1.72. The van der Waals surface area contributed by atoms with Gasteiger partial charge in [-0.2, -0.15) is 4.31 Å². The van der Waals surface area contributed by atoms with Crippen LogP contribution in [0.1, 0.15) is 19.4 Å². The number of benzene rings is 3. The Morgan fingerprint density at radius 2 is 1.69 bits per heavy atom. The summed E-state index contributed by atoms with van der Waals surface area (Å²) in [6, 6.07) is 24.8. The van der Waals surface area contributed by atoms with E-state index in [1.54, 1.807) is 13.0 Å². The van der Waals surface area contributed by atoms with Crippen molar-refractivity contribution < 1.29 is 18.3 Å². The summed E-state index contributed by atoms with van der Waals surface area (Å²) in [7, 11) is -1.80.